The molecule has 37 nitrogen and oxygen atoms in total. The lowest BCUT2D eigenvalue weighted by Crippen LogP contribution is -2.80. The quantitative estimate of drug-likeness (QED) is 0.0642. The van der Waals surface area contributed by atoms with Crippen LogP contribution in [-0.2, 0) is 82.3 Å². The lowest BCUT2D eigenvalue weighted by Gasteiger charge is -2.60. The van der Waals surface area contributed by atoms with Crippen molar-refractivity contribution in [1.82, 2.24) is 0 Å². The smallest absolute Gasteiger partial charge is 0.232 e. The number of ether oxygens (including phenoxy) is 16. The molecule has 5 aliphatic carbocycles. The first kappa shape index (κ1) is 90.1. The lowest BCUT2D eigenvalue weighted by molar-refractivity contribution is -0.358. The number of rotatable bonds is 22. The molecule has 0 unspecified atom stereocenters. The van der Waals surface area contributed by atoms with Gasteiger partial charge >= 0.3 is 0 Å². The fraction of sp³-hybridized carbons (Fsp3) is 0.718. The Balaban J connectivity index is 0.798. The van der Waals surface area contributed by atoms with E-state index in [4.69, 9.17) is 75.8 Å². The summed E-state index contributed by atoms with van der Waals surface area (Å²) in [5.74, 6) is -17.3. The van der Waals surface area contributed by atoms with Crippen molar-refractivity contribution in [2.24, 2.45) is 11.8 Å². The van der Waals surface area contributed by atoms with E-state index in [1.165, 1.54) is 33.8 Å². The molecular formula is C85H112O37. The molecular weight excluding hydrogens is 1610 g/mol. The van der Waals surface area contributed by atoms with Crippen LogP contribution in [0.2, 0.25) is 0 Å². The van der Waals surface area contributed by atoms with E-state index < -0.39 is 344 Å². The van der Waals surface area contributed by atoms with E-state index >= 15 is 19.2 Å². The number of carbonyl (C=O) groups excluding carboxylic acids is 6. The number of aromatic hydroxyl groups is 4. The van der Waals surface area contributed by atoms with Crippen molar-refractivity contribution in [2.45, 2.75) is 353 Å². The molecule has 9 fully saturated rings. The van der Waals surface area contributed by atoms with Crippen LogP contribution in [0.15, 0.2) is 11.8 Å². The van der Waals surface area contributed by atoms with Crippen LogP contribution in [0.1, 0.15) is 223 Å². The largest absolute Gasteiger partial charge is 0.507 e. The van der Waals surface area contributed by atoms with Crippen LogP contribution in [0.5, 0.6) is 34.5 Å². The van der Waals surface area contributed by atoms with Crippen molar-refractivity contribution in [3.63, 3.8) is 0 Å². The second kappa shape index (κ2) is 32.9. The molecule has 7 saturated heterocycles. The van der Waals surface area contributed by atoms with Gasteiger partial charge in [-0.25, -0.2) is 0 Å². The summed E-state index contributed by atoms with van der Waals surface area (Å²) in [5.41, 5.74) is -21.6. The Kier molecular flexibility index (Phi) is 24.3. The summed E-state index contributed by atoms with van der Waals surface area (Å²) in [6.45, 7) is 15.1. The molecule has 12 aliphatic rings. The van der Waals surface area contributed by atoms with Crippen LogP contribution in [-0.4, -0.2) is 314 Å². The zero-order valence-electron chi connectivity index (χ0n) is 70.0. The van der Waals surface area contributed by atoms with Crippen molar-refractivity contribution in [1.29, 1.82) is 0 Å². The van der Waals surface area contributed by atoms with Gasteiger partial charge in [0.2, 0.25) is 23.1 Å². The second-order valence-corrected chi connectivity index (χ2v) is 35.1. The predicted molar refractivity (Wildman–Crippen MR) is 412 cm³/mol. The molecule has 33 atom stereocenters. The number of ketones is 6. The number of aliphatic hydroxyl groups is 11. The van der Waals surface area contributed by atoms with Crippen LogP contribution in [0.25, 0.3) is 16.3 Å². The third-order valence-electron chi connectivity index (χ3n) is 28.3. The van der Waals surface area contributed by atoms with Gasteiger partial charge in [-0.05, 0) is 112 Å². The molecule has 0 aromatic heterocycles. The monoisotopic (exact) mass is 1720 g/mol. The van der Waals surface area contributed by atoms with E-state index in [0.29, 0.717) is 0 Å². The van der Waals surface area contributed by atoms with Crippen molar-refractivity contribution < 1.29 is 181 Å². The van der Waals surface area contributed by atoms with Crippen LogP contribution in [0.4, 0.5) is 0 Å². The van der Waals surface area contributed by atoms with Crippen LogP contribution in [0, 0.1) is 11.8 Å². The Morgan fingerprint density at radius 2 is 0.959 bits per heavy atom. The Morgan fingerprint density at radius 3 is 1.44 bits per heavy atom. The van der Waals surface area contributed by atoms with Gasteiger partial charge in [-0.15, -0.1) is 0 Å². The number of phenolic OH excluding ortho intramolecular Hbond substituents is 4. The number of fused-ring (bicyclic) bond motifs is 6. The maximum atomic E-state index is 16.4. The van der Waals surface area contributed by atoms with Crippen molar-refractivity contribution in [3.05, 3.63) is 50.8 Å². The third-order valence-corrected chi connectivity index (χ3v) is 28.3. The van der Waals surface area contributed by atoms with E-state index in [1.54, 1.807) is 41.5 Å². The maximum Gasteiger partial charge on any atom is 0.232 e. The maximum absolute atomic E-state index is 16.4. The number of methoxy groups -OCH3 is 3. The third kappa shape index (κ3) is 13.6. The standard InChI is InChI=1S/C85H112O37/c1-14-22-82(104)78(120-45-18-16-43(30(3)110-45)116-47-20-24-80(102,34(7)86)36(9)114-47)68(98)71(118-49-28-41(88)60(90)32(5)112-49)40-27-38-26-39-52(62(92)51(38)76(100)84(40,82)105)63(93)56(74(109-13)70(39)107-11)55-64(94)53-54(67(97)73(55)108-12)65(95)57-58(66(53)96)77(101)85(106)59-72(57)122-83(85,23-15-2)79(69(99)75(59)119-50-29-42(89)61(91)33(6)113-50)121-46-19-17-44(31(4)111-46)117-48-21-25-81(103,35(8)87)37(10)115-48/h26,30-33,36-37,40-50,59-61,68-69,71-72,75,78-79,88-93,95-96,98-99,102-106H,14-25,27-29H2,1-13H3/t30-,31-,32+,33+,36-,37-,40-,41-,42-,43+,44+,45+,46+,47-,48-,49+,50-,59-,60+,61+,68+,69-,71-,72+,75+,78-,79+,80+,81+,82-,83+,84+,85-/m1/s1. The number of Topliss-reactive ketones (excluding diaryl/α,β-unsaturated/α-hetero) is 6. The Bertz CT molecular complexity index is 4640. The Hall–Kier alpha value is -6.68. The highest BCUT2D eigenvalue weighted by Gasteiger charge is 2.82. The van der Waals surface area contributed by atoms with E-state index in [0.717, 1.165) is 21.3 Å². The van der Waals surface area contributed by atoms with E-state index in [-0.39, 0.29) is 81.6 Å². The van der Waals surface area contributed by atoms with Crippen LogP contribution < -0.4 is 9.47 Å². The molecule has 7 aliphatic heterocycles. The fourth-order valence-electron chi connectivity index (χ4n) is 21.7. The summed E-state index contributed by atoms with van der Waals surface area (Å²) in [5, 5.41) is 185. The first-order valence-electron chi connectivity index (χ1n) is 42.0. The minimum absolute atomic E-state index is 0.0101. The minimum atomic E-state index is -3.21. The number of aliphatic hydroxyl groups excluding tert-OH is 6. The number of hydrogen-bond donors (Lipinski definition) is 15. The summed E-state index contributed by atoms with van der Waals surface area (Å²) in [6, 6.07) is 1.25. The molecule has 122 heavy (non-hydrogen) atoms. The molecule has 3 aromatic carbocycles. The summed E-state index contributed by atoms with van der Waals surface area (Å²) in [7, 11) is 3.09. The SMILES string of the molecule is CCC[C@@]1(O)[C@H](O[C@H]2CC[C@H](O[C@@H]3CC[C@](O)(C(C)=O)[C@@H](C)O3)[C@@H](C)O2)[C@@H](O)[C@H](O[C@H]2C[C@@H](O)[C@@H](O)[C@H](C)O2)[C@H]2Cc3cc4c(OC)c(OC)c(C5=C(OC)C(=O)c6c(O)c7c(c(O)c6C5=O)C(=O)[C@]5(O)[C@H]6[C@H](O[C@@H]8C[C@@H](O)[C@@H](O)[C@H](C)O8)[C@@H](O)[C@H](O[C@H]8CC[C@H](O[C@@H]9CC[C@](O)(C(C)=O)[C@@H](C)O9)[C@@H](C)O8)[C@]5(CCC)O[C@@H]76)c(O)c4c(O)c3C(=O)[C@@]21O. The van der Waals surface area contributed by atoms with Gasteiger partial charge in [0, 0.05) is 55.4 Å². The molecule has 0 radical (unpaired) electrons. The van der Waals surface area contributed by atoms with Crippen LogP contribution >= 0.6 is 0 Å². The first-order valence-corrected chi connectivity index (χ1v) is 42.0. The number of allylic oxidation sites excluding steroid dienone is 2. The summed E-state index contributed by atoms with van der Waals surface area (Å²) in [6.07, 6.45) is -35.1. The number of phenols is 4. The van der Waals surface area contributed by atoms with Gasteiger partial charge < -0.3 is 152 Å². The zero-order chi connectivity index (χ0) is 88.5. The van der Waals surface area contributed by atoms with Crippen molar-refractivity contribution in [2.75, 3.05) is 21.3 Å². The highest BCUT2D eigenvalue weighted by molar-refractivity contribution is 6.43. The van der Waals surface area contributed by atoms with Gasteiger partial charge in [0.1, 0.15) is 82.0 Å². The minimum Gasteiger partial charge on any atom is -0.507 e. The number of benzene rings is 3. The normalized spacial score (nSPS) is 43.2. The lowest BCUT2D eigenvalue weighted by atomic mass is 9.53. The Morgan fingerprint density at radius 1 is 0.484 bits per heavy atom. The fourth-order valence-corrected chi connectivity index (χ4v) is 21.7. The van der Waals surface area contributed by atoms with E-state index in [9.17, 15) is 86.2 Å². The van der Waals surface area contributed by atoms with Crippen LogP contribution in [0.3, 0.4) is 0 Å². The molecule has 15 rings (SSSR count). The van der Waals surface area contributed by atoms with Gasteiger partial charge in [0.25, 0.3) is 0 Å². The Labute approximate surface area is 700 Å². The molecule has 0 amide bonds. The predicted octanol–water partition coefficient (Wildman–Crippen LogP) is 2.40. The van der Waals surface area contributed by atoms with E-state index in [1.807, 2.05) is 0 Å². The molecule has 15 N–H and O–H groups in total. The summed E-state index contributed by atoms with van der Waals surface area (Å²) in [4.78, 5) is 89.5. The van der Waals surface area contributed by atoms with Crippen molar-refractivity contribution >= 4 is 51.0 Å². The topological polar surface area (TPSA) is 554 Å². The average Bonchev–Trinajstić information content (AvgIpc) is 1.52. The molecule has 37 heteroatoms. The van der Waals surface area contributed by atoms with E-state index in [2.05, 4.69) is 0 Å². The van der Waals surface area contributed by atoms with Gasteiger partial charge in [-0.2, -0.15) is 0 Å². The van der Waals surface area contributed by atoms with Gasteiger partial charge in [-0.1, -0.05) is 26.7 Å². The summed E-state index contributed by atoms with van der Waals surface area (Å²) < 4.78 is 101. The molecule has 0 spiro atoms. The second-order valence-electron chi connectivity index (χ2n) is 35.1. The zero-order valence-corrected chi connectivity index (χ0v) is 70.0. The highest BCUT2D eigenvalue weighted by atomic mass is 16.8. The van der Waals surface area contributed by atoms with Gasteiger partial charge in [-0.3, -0.25) is 28.8 Å². The van der Waals surface area contributed by atoms with Gasteiger partial charge in [0.15, 0.2) is 77.8 Å². The summed E-state index contributed by atoms with van der Waals surface area (Å²) >= 11 is 0. The average molecular weight is 1730 g/mol. The number of hydrogen-bond acceptors (Lipinski definition) is 37. The highest BCUT2D eigenvalue weighted by Crippen LogP contribution is 2.69. The molecule has 4 bridgehead atoms. The molecule has 3 aromatic rings. The first-order chi connectivity index (χ1) is 57.5. The number of carbonyl (C=O) groups is 6. The molecule has 674 valence electrons. The van der Waals surface area contributed by atoms with Crippen molar-refractivity contribution in [3.8, 4) is 34.5 Å². The molecule has 7 heterocycles. The molecule has 2 saturated carbocycles. The van der Waals surface area contributed by atoms with Gasteiger partial charge in [0.05, 0.1) is 145 Å².